The number of nitrogens with two attached hydrogens (primary N) is 1. The molecule has 1 aliphatic rings. The van der Waals surface area contributed by atoms with E-state index in [1.165, 1.54) is 6.07 Å². The molecular weight excluding hydrogens is 270 g/mol. The fourth-order valence-corrected chi connectivity index (χ4v) is 3.08. The first-order chi connectivity index (χ1) is 8.79. The quantitative estimate of drug-likeness (QED) is 0.652. The number of nitro benzene ring substituents is 1. The first-order valence-electron chi connectivity index (χ1n) is 5.80. The Labute approximate surface area is 111 Å². The third kappa shape index (κ3) is 2.85. The molecule has 1 saturated heterocycles. The van der Waals surface area contributed by atoms with E-state index in [-0.39, 0.29) is 12.2 Å². The van der Waals surface area contributed by atoms with Gasteiger partial charge in [-0.3, -0.25) is 10.1 Å². The van der Waals surface area contributed by atoms with Crippen LogP contribution in [0.3, 0.4) is 0 Å². The Bertz CT molecular complexity index is 614. The van der Waals surface area contributed by atoms with E-state index in [4.69, 9.17) is 5.14 Å². The number of sulfonamides is 1. The molecule has 19 heavy (non-hydrogen) atoms. The van der Waals surface area contributed by atoms with Crippen molar-refractivity contribution in [2.75, 3.05) is 18.0 Å². The maximum Gasteiger partial charge on any atom is 0.292 e. The van der Waals surface area contributed by atoms with Gasteiger partial charge in [0.05, 0.1) is 10.2 Å². The molecule has 1 aromatic rings. The van der Waals surface area contributed by atoms with Crippen molar-refractivity contribution < 1.29 is 13.3 Å². The molecular formula is C11H15N3O4S. The predicted octanol–water partition coefficient (Wildman–Crippen LogP) is 0.770. The highest BCUT2D eigenvalue weighted by molar-refractivity contribution is 7.89. The molecule has 2 N–H and O–H groups in total. The molecule has 1 heterocycles. The molecule has 0 unspecified atom stereocenters. The van der Waals surface area contributed by atoms with Gasteiger partial charge in [-0.1, -0.05) is 6.07 Å². The monoisotopic (exact) mass is 285 g/mol. The summed E-state index contributed by atoms with van der Waals surface area (Å²) < 4.78 is 22.6. The van der Waals surface area contributed by atoms with Gasteiger partial charge in [0.15, 0.2) is 0 Å². The van der Waals surface area contributed by atoms with E-state index >= 15 is 0 Å². The second-order valence-electron chi connectivity index (χ2n) is 4.70. The summed E-state index contributed by atoms with van der Waals surface area (Å²) in [5.41, 5.74) is 1.33. The summed E-state index contributed by atoms with van der Waals surface area (Å²) in [5, 5.41) is 15.5. The summed E-state index contributed by atoms with van der Waals surface area (Å²) in [6.45, 7) is 2.48. The minimum absolute atomic E-state index is 0.0133. The van der Waals surface area contributed by atoms with Gasteiger partial charge in [0, 0.05) is 19.2 Å². The predicted molar refractivity (Wildman–Crippen MR) is 71.6 cm³/mol. The molecule has 1 aliphatic heterocycles. The largest absolute Gasteiger partial charge is 0.365 e. The first-order valence-corrected chi connectivity index (χ1v) is 7.41. The Morgan fingerprint density at radius 1 is 1.47 bits per heavy atom. The fraction of sp³-hybridized carbons (Fsp3) is 0.455. The third-order valence-electron chi connectivity index (χ3n) is 3.28. The van der Waals surface area contributed by atoms with Crippen molar-refractivity contribution in [2.24, 2.45) is 5.14 Å². The molecule has 1 atom stereocenters. The van der Waals surface area contributed by atoms with Crippen LogP contribution in [-0.4, -0.2) is 31.7 Å². The maximum atomic E-state index is 11.3. The number of primary sulfonamides is 1. The molecule has 0 spiro atoms. The van der Waals surface area contributed by atoms with Crippen molar-refractivity contribution in [3.63, 3.8) is 0 Å². The van der Waals surface area contributed by atoms with Crippen molar-refractivity contribution in [2.45, 2.75) is 18.6 Å². The molecule has 0 amide bonds. The lowest BCUT2D eigenvalue weighted by Crippen LogP contribution is -2.31. The van der Waals surface area contributed by atoms with Crippen LogP contribution in [0.15, 0.2) is 18.2 Å². The van der Waals surface area contributed by atoms with Gasteiger partial charge < -0.3 is 4.90 Å². The van der Waals surface area contributed by atoms with Crippen LogP contribution < -0.4 is 10.0 Å². The Kier molecular flexibility index (Phi) is 3.46. The van der Waals surface area contributed by atoms with E-state index < -0.39 is 20.2 Å². The molecule has 1 aromatic carbocycles. The van der Waals surface area contributed by atoms with E-state index in [1.807, 2.05) is 6.92 Å². The molecule has 0 aliphatic carbocycles. The fourth-order valence-electron chi connectivity index (χ4n) is 2.26. The smallest absolute Gasteiger partial charge is 0.292 e. The topological polar surface area (TPSA) is 107 Å². The molecule has 104 valence electrons. The van der Waals surface area contributed by atoms with E-state index in [2.05, 4.69) is 0 Å². The summed E-state index contributed by atoms with van der Waals surface area (Å²) in [5.74, 6) is 0. The van der Waals surface area contributed by atoms with Crippen LogP contribution in [0.1, 0.15) is 12.0 Å². The molecule has 0 bridgehead atoms. The lowest BCUT2D eigenvalue weighted by molar-refractivity contribution is -0.384. The zero-order chi connectivity index (χ0) is 14.2. The number of hydrogen-bond acceptors (Lipinski definition) is 5. The van der Waals surface area contributed by atoms with Crippen molar-refractivity contribution in [3.05, 3.63) is 33.9 Å². The van der Waals surface area contributed by atoms with Gasteiger partial charge in [0.25, 0.3) is 5.69 Å². The van der Waals surface area contributed by atoms with Crippen LogP contribution in [0.25, 0.3) is 0 Å². The standard InChI is InChI=1S/C11H15N3O4S/c1-8-2-3-10(14(15)16)11(6-8)13-5-4-9(7-13)19(12,17)18/h2-3,6,9H,4-5,7H2,1H3,(H2,12,17,18)/t9-/m1/s1. The maximum absolute atomic E-state index is 11.3. The van der Waals surface area contributed by atoms with Crippen LogP contribution in [-0.2, 0) is 10.0 Å². The lowest BCUT2D eigenvalue weighted by Gasteiger charge is -2.18. The second-order valence-corrected chi connectivity index (χ2v) is 6.54. The van der Waals surface area contributed by atoms with Gasteiger partial charge in [-0.25, -0.2) is 13.6 Å². The molecule has 2 rings (SSSR count). The minimum Gasteiger partial charge on any atom is -0.365 e. The van der Waals surface area contributed by atoms with Crippen molar-refractivity contribution in [1.82, 2.24) is 0 Å². The second kappa shape index (κ2) is 4.78. The number of benzene rings is 1. The van der Waals surface area contributed by atoms with Crippen LogP contribution >= 0.6 is 0 Å². The van der Waals surface area contributed by atoms with Crippen LogP contribution in [0, 0.1) is 17.0 Å². The first kappa shape index (κ1) is 13.8. The third-order valence-corrected chi connectivity index (χ3v) is 4.59. The Balaban J connectivity index is 2.34. The number of aryl methyl sites for hydroxylation is 1. The zero-order valence-electron chi connectivity index (χ0n) is 10.4. The number of anilines is 1. The average Bonchev–Trinajstić information content (AvgIpc) is 2.77. The number of rotatable bonds is 3. The summed E-state index contributed by atoms with van der Waals surface area (Å²) in [4.78, 5) is 12.3. The molecule has 1 fully saturated rings. The summed E-state index contributed by atoms with van der Waals surface area (Å²) in [6.07, 6.45) is 0.393. The van der Waals surface area contributed by atoms with Crippen LogP contribution in [0.5, 0.6) is 0 Å². The van der Waals surface area contributed by atoms with E-state index in [0.717, 1.165) is 5.56 Å². The summed E-state index contributed by atoms with van der Waals surface area (Å²) >= 11 is 0. The molecule has 0 saturated carbocycles. The van der Waals surface area contributed by atoms with Crippen molar-refractivity contribution in [3.8, 4) is 0 Å². The van der Waals surface area contributed by atoms with Crippen LogP contribution in [0.4, 0.5) is 11.4 Å². The zero-order valence-corrected chi connectivity index (χ0v) is 11.3. The van der Waals surface area contributed by atoms with Crippen molar-refractivity contribution in [1.29, 1.82) is 0 Å². The Morgan fingerprint density at radius 3 is 2.68 bits per heavy atom. The molecule has 7 nitrogen and oxygen atoms in total. The SMILES string of the molecule is Cc1ccc([N+](=O)[O-])c(N2CC[C@@H](S(N)(=O)=O)C2)c1. The van der Waals surface area contributed by atoms with Gasteiger partial charge in [0.2, 0.25) is 10.0 Å². The normalized spacial score (nSPS) is 19.7. The number of nitro groups is 1. The highest BCUT2D eigenvalue weighted by atomic mass is 32.2. The highest BCUT2D eigenvalue weighted by Crippen LogP contribution is 2.32. The molecule has 8 heteroatoms. The van der Waals surface area contributed by atoms with Gasteiger partial charge in [0.1, 0.15) is 5.69 Å². The van der Waals surface area contributed by atoms with E-state index in [1.54, 1.807) is 17.0 Å². The minimum atomic E-state index is -3.60. The number of nitrogens with zero attached hydrogens (tertiary/aromatic N) is 2. The van der Waals surface area contributed by atoms with Gasteiger partial charge in [-0.2, -0.15) is 0 Å². The lowest BCUT2D eigenvalue weighted by atomic mass is 10.2. The van der Waals surface area contributed by atoms with Crippen molar-refractivity contribution >= 4 is 21.4 Å². The summed E-state index contributed by atoms with van der Waals surface area (Å²) in [6, 6.07) is 4.80. The van der Waals surface area contributed by atoms with Crippen LogP contribution in [0.2, 0.25) is 0 Å². The Morgan fingerprint density at radius 2 is 2.16 bits per heavy atom. The molecule has 0 aromatic heterocycles. The van der Waals surface area contributed by atoms with Gasteiger partial charge in [-0.05, 0) is 25.0 Å². The van der Waals surface area contributed by atoms with E-state index in [0.29, 0.717) is 18.7 Å². The highest BCUT2D eigenvalue weighted by Gasteiger charge is 2.33. The Hall–Kier alpha value is -1.67. The van der Waals surface area contributed by atoms with Gasteiger partial charge in [-0.15, -0.1) is 0 Å². The average molecular weight is 285 g/mol. The number of hydrogen-bond donors (Lipinski definition) is 1. The van der Waals surface area contributed by atoms with E-state index in [9.17, 15) is 18.5 Å². The van der Waals surface area contributed by atoms with Gasteiger partial charge >= 0.3 is 0 Å². The molecule has 0 radical (unpaired) electrons. The summed E-state index contributed by atoms with van der Waals surface area (Å²) in [7, 11) is -3.60.